The molecule has 2 atom stereocenters. The number of morpholine rings is 1. The molecule has 0 radical (unpaired) electrons. The largest absolute Gasteiger partial charge is 0.379 e. The maximum absolute atomic E-state index is 12.9. The van der Waals surface area contributed by atoms with Crippen LogP contribution in [0.1, 0.15) is 42.6 Å². The van der Waals surface area contributed by atoms with Crippen molar-refractivity contribution in [1.29, 1.82) is 0 Å². The lowest BCUT2D eigenvalue weighted by Gasteiger charge is -2.51. The monoisotopic (exact) mass is 287 g/mol. The standard InChI is InChI=1S/C18H25NO2/c1-3-8-18(19-9-11-21-12-10-19)13-15-6-4-5-7-16(15)17(20)14(18)2/h4-7,14H,3,8-13H2,1-2H3. The molecule has 1 aromatic rings. The molecule has 0 N–H and O–H groups in total. The van der Waals surface area contributed by atoms with E-state index in [1.54, 1.807) is 0 Å². The van der Waals surface area contributed by atoms with Crippen LogP contribution in [0.5, 0.6) is 0 Å². The van der Waals surface area contributed by atoms with Gasteiger partial charge in [-0.3, -0.25) is 9.69 Å². The molecule has 0 bridgehead atoms. The average Bonchev–Trinajstić information content (AvgIpc) is 2.53. The van der Waals surface area contributed by atoms with Crippen molar-refractivity contribution in [2.45, 2.75) is 38.6 Å². The van der Waals surface area contributed by atoms with Crippen LogP contribution in [0.15, 0.2) is 24.3 Å². The topological polar surface area (TPSA) is 29.5 Å². The molecule has 3 heteroatoms. The molecule has 0 amide bonds. The Labute approximate surface area is 127 Å². The summed E-state index contributed by atoms with van der Waals surface area (Å²) in [7, 11) is 0. The second-order valence-corrected chi connectivity index (χ2v) is 6.37. The molecule has 0 spiro atoms. The van der Waals surface area contributed by atoms with E-state index in [4.69, 9.17) is 4.74 Å². The predicted molar refractivity (Wildman–Crippen MR) is 83.7 cm³/mol. The Hall–Kier alpha value is -1.19. The zero-order valence-electron chi connectivity index (χ0n) is 13.1. The average molecular weight is 287 g/mol. The number of benzene rings is 1. The SMILES string of the molecule is CCCC1(N2CCOCC2)Cc2ccccc2C(=O)C1C. The van der Waals surface area contributed by atoms with Gasteiger partial charge in [0, 0.05) is 30.1 Å². The van der Waals surface area contributed by atoms with Crippen LogP contribution >= 0.6 is 0 Å². The van der Waals surface area contributed by atoms with E-state index in [-0.39, 0.29) is 11.5 Å². The van der Waals surface area contributed by atoms with Crippen LogP contribution in [0, 0.1) is 5.92 Å². The number of hydrogen-bond acceptors (Lipinski definition) is 3. The van der Waals surface area contributed by atoms with Crippen molar-refractivity contribution in [1.82, 2.24) is 4.90 Å². The number of nitrogens with zero attached hydrogens (tertiary/aromatic N) is 1. The molecule has 1 fully saturated rings. The van der Waals surface area contributed by atoms with Crippen molar-refractivity contribution in [3.05, 3.63) is 35.4 Å². The lowest BCUT2D eigenvalue weighted by Crippen LogP contribution is -2.61. The van der Waals surface area contributed by atoms with Crippen molar-refractivity contribution >= 4 is 5.78 Å². The number of rotatable bonds is 3. The molecule has 3 nitrogen and oxygen atoms in total. The lowest BCUT2D eigenvalue weighted by molar-refractivity contribution is -0.0459. The summed E-state index contributed by atoms with van der Waals surface area (Å²) in [6, 6.07) is 8.15. The second kappa shape index (κ2) is 5.90. The van der Waals surface area contributed by atoms with Crippen molar-refractivity contribution in [2.24, 2.45) is 5.92 Å². The highest BCUT2D eigenvalue weighted by atomic mass is 16.5. The summed E-state index contributed by atoms with van der Waals surface area (Å²) in [4.78, 5) is 15.4. The summed E-state index contributed by atoms with van der Waals surface area (Å²) >= 11 is 0. The number of Topliss-reactive ketones (excluding diaryl/α,β-unsaturated/α-hetero) is 1. The number of carbonyl (C=O) groups excluding carboxylic acids is 1. The molecular weight excluding hydrogens is 262 g/mol. The summed E-state index contributed by atoms with van der Waals surface area (Å²) in [6.07, 6.45) is 3.18. The van der Waals surface area contributed by atoms with Gasteiger partial charge in [0.2, 0.25) is 0 Å². The van der Waals surface area contributed by atoms with Gasteiger partial charge in [-0.15, -0.1) is 0 Å². The first-order valence-corrected chi connectivity index (χ1v) is 8.14. The van der Waals surface area contributed by atoms with Crippen molar-refractivity contribution in [2.75, 3.05) is 26.3 Å². The smallest absolute Gasteiger partial charge is 0.167 e. The molecule has 1 aromatic carbocycles. The Morgan fingerprint density at radius 3 is 2.71 bits per heavy atom. The minimum absolute atomic E-state index is 0.0238. The van der Waals surface area contributed by atoms with Crippen LogP contribution in [-0.2, 0) is 11.2 Å². The summed E-state index contributed by atoms with van der Waals surface area (Å²) in [5.74, 6) is 0.377. The van der Waals surface area contributed by atoms with Crippen LogP contribution < -0.4 is 0 Å². The van der Waals surface area contributed by atoms with Gasteiger partial charge in [-0.05, 0) is 18.4 Å². The molecule has 21 heavy (non-hydrogen) atoms. The fourth-order valence-corrected chi connectivity index (χ4v) is 4.17. The second-order valence-electron chi connectivity index (χ2n) is 6.37. The Balaban J connectivity index is 2.01. The zero-order valence-corrected chi connectivity index (χ0v) is 13.1. The molecule has 0 aromatic heterocycles. The van der Waals surface area contributed by atoms with E-state index in [1.165, 1.54) is 5.56 Å². The number of ketones is 1. The Kier molecular flexibility index (Phi) is 4.14. The van der Waals surface area contributed by atoms with Crippen LogP contribution in [0.3, 0.4) is 0 Å². The maximum atomic E-state index is 12.9. The third-order valence-electron chi connectivity index (χ3n) is 5.30. The van der Waals surface area contributed by atoms with Crippen molar-refractivity contribution < 1.29 is 9.53 Å². The number of fused-ring (bicyclic) bond motifs is 1. The van der Waals surface area contributed by atoms with Crippen molar-refractivity contribution in [3.63, 3.8) is 0 Å². The summed E-state index contributed by atoms with van der Waals surface area (Å²) in [5.41, 5.74) is 2.13. The molecule has 1 saturated heterocycles. The Morgan fingerprint density at radius 2 is 2.00 bits per heavy atom. The van der Waals surface area contributed by atoms with Gasteiger partial charge in [0.05, 0.1) is 13.2 Å². The molecule has 2 aliphatic rings. The molecular formula is C18H25NO2. The molecule has 2 unspecified atom stereocenters. The normalized spacial score (nSPS) is 30.2. The third-order valence-corrected chi connectivity index (χ3v) is 5.30. The first-order valence-electron chi connectivity index (χ1n) is 8.14. The van der Waals surface area contributed by atoms with E-state index in [2.05, 4.69) is 30.9 Å². The molecule has 3 rings (SSSR count). The molecule has 1 heterocycles. The lowest BCUT2D eigenvalue weighted by atomic mass is 9.67. The zero-order chi connectivity index (χ0) is 14.9. The molecule has 114 valence electrons. The van der Waals surface area contributed by atoms with E-state index >= 15 is 0 Å². The van der Waals surface area contributed by atoms with Gasteiger partial charge in [-0.1, -0.05) is 44.5 Å². The number of ether oxygens (including phenoxy) is 1. The van der Waals surface area contributed by atoms with Gasteiger partial charge in [0.15, 0.2) is 5.78 Å². The van der Waals surface area contributed by atoms with Gasteiger partial charge >= 0.3 is 0 Å². The van der Waals surface area contributed by atoms with Gasteiger partial charge in [-0.25, -0.2) is 0 Å². The van der Waals surface area contributed by atoms with Crippen LogP contribution in [-0.4, -0.2) is 42.5 Å². The van der Waals surface area contributed by atoms with E-state index < -0.39 is 0 Å². The minimum atomic E-state index is -0.0238. The van der Waals surface area contributed by atoms with E-state index in [9.17, 15) is 4.79 Å². The van der Waals surface area contributed by atoms with E-state index in [0.717, 1.165) is 51.1 Å². The third kappa shape index (κ3) is 2.43. The number of carbonyl (C=O) groups is 1. The summed E-state index contributed by atoms with van der Waals surface area (Å²) < 4.78 is 5.52. The number of hydrogen-bond donors (Lipinski definition) is 0. The highest BCUT2D eigenvalue weighted by Gasteiger charge is 2.48. The van der Waals surface area contributed by atoms with E-state index in [0.29, 0.717) is 5.78 Å². The van der Waals surface area contributed by atoms with E-state index in [1.807, 2.05) is 12.1 Å². The highest BCUT2D eigenvalue weighted by molar-refractivity contribution is 6.01. The predicted octanol–water partition coefficient (Wildman–Crippen LogP) is 2.93. The molecule has 0 saturated carbocycles. The van der Waals surface area contributed by atoms with Crippen LogP contribution in [0.25, 0.3) is 0 Å². The highest BCUT2D eigenvalue weighted by Crippen LogP contribution is 2.41. The first-order chi connectivity index (χ1) is 10.2. The van der Waals surface area contributed by atoms with Crippen LogP contribution in [0.2, 0.25) is 0 Å². The Morgan fingerprint density at radius 1 is 1.29 bits per heavy atom. The summed E-state index contributed by atoms with van der Waals surface area (Å²) in [6.45, 7) is 7.81. The Bertz CT molecular complexity index is 522. The van der Waals surface area contributed by atoms with Gasteiger partial charge in [0.25, 0.3) is 0 Å². The molecule has 1 aliphatic heterocycles. The van der Waals surface area contributed by atoms with Gasteiger partial charge < -0.3 is 4.74 Å². The first kappa shape index (κ1) is 14.7. The van der Waals surface area contributed by atoms with Crippen LogP contribution in [0.4, 0.5) is 0 Å². The molecule has 1 aliphatic carbocycles. The minimum Gasteiger partial charge on any atom is -0.379 e. The quantitative estimate of drug-likeness (QED) is 0.856. The van der Waals surface area contributed by atoms with Gasteiger partial charge in [-0.2, -0.15) is 0 Å². The fourth-order valence-electron chi connectivity index (χ4n) is 4.17. The van der Waals surface area contributed by atoms with Crippen molar-refractivity contribution in [3.8, 4) is 0 Å². The maximum Gasteiger partial charge on any atom is 0.167 e. The van der Waals surface area contributed by atoms with Gasteiger partial charge in [0.1, 0.15) is 0 Å². The summed E-state index contributed by atoms with van der Waals surface area (Å²) in [5, 5.41) is 0. The fraction of sp³-hybridized carbons (Fsp3) is 0.611.